The first-order valence-electron chi connectivity index (χ1n) is 7.43. The topological polar surface area (TPSA) is 69.6 Å². The third-order valence-electron chi connectivity index (χ3n) is 3.60. The minimum absolute atomic E-state index is 0.221. The van der Waals surface area contributed by atoms with Crippen molar-refractivity contribution in [1.29, 1.82) is 0 Å². The fourth-order valence-electron chi connectivity index (χ4n) is 2.45. The van der Waals surface area contributed by atoms with Crippen molar-refractivity contribution in [2.75, 3.05) is 25.1 Å². The number of aliphatic carboxylic acids is 1. The van der Waals surface area contributed by atoms with Crippen molar-refractivity contribution in [1.82, 2.24) is 10.2 Å². The van der Waals surface area contributed by atoms with Gasteiger partial charge in [0.25, 0.3) is 0 Å². The zero-order valence-electron chi connectivity index (χ0n) is 12.3. The number of nitrogens with one attached hydrogen (secondary N) is 1. The number of urea groups is 1. The van der Waals surface area contributed by atoms with Crippen molar-refractivity contribution in [2.45, 2.75) is 51.0 Å². The van der Waals surface area contributed by atoms with Crippen LogP contribution >= 0.6 is 11.8 Å². The number of carboxylic acid groups (broad SMARTS) is 1. The molecule has 0 aromatic heterocycles. The van der Waals surface area contributed by atoms with Gasteiger partial charge in [-0.15, -0.1) is 0 Å². The Morgan fingerprint density at radius 3 is 2.70 bits per heavy atom. The molecule has 1 heterocycles. The van der Waals surface area contributed by atoms with Crippen molar-refractivity contribution in [3.05, 3.63) is 0 Å². The molecule has 1 saturated heterocycles. The Bertz CT molecular complexity index is 313. The molecule has 1 atom stereocenters. The summed E-state index contributed by atoms with van der Waals surface area (Å²) in [6.07, 6.45) is 8.95. The lowest BCUT2D eigenvalue weighted by molar-refractivity contribution is -0.143. The zero-order chi connectivity index (χ0) is 14.8. The highest BCUT2D eigenvalue weighted by Gasteiger charge is 2.31. The van der Waals surface area contributed by atoms with Gasteiger partial charge < -0.3 is 15.3 Å². The Kier molecular flexibility index (Phi) is 8.49. The van der Waals surface area contributed by atoms with Gasteiger partial charge in [-0.05, 0) is 44.1 Å². The molecule has 2 N–H and O–H groups in total. The van der Waals surface area contributed by atoms with Gasteiger partial charge in [0.05, 0.1) is 0 Å². The van der Waals surface area contributed by atoms with Crippen molar-refractivity contribution in [3.8, 4) is 0 Å². The Labute approximate surface area is 125 Å². The number of carboxylic acids is 1. The van der Waals surface area contributed by atoms with Crippen LogP contribution in [0, 0.1) is 0 Å². The summed E-state index contributed by atoms with van der Waals surface area (Å²) in [7, 11) is 0. The molecule has 0 spiro atoms. The first-order valence-corrected chi connectivity index (χ1v) is 8.82. The fourth-order valence-corrected chi connectivity index (χ4v) is 2.95. The molecule has 5 nitrogen and oxygen atoms in total. The molecule has 1 aliphatic rings. The van der Waals surface area contributed by atoms with Crippen LogP contribution in [-0.4, -0.2) is 53.1 Å². The molecule has 6 heteroatoms. The summed E-state index contributed by atoms with van der Waals surface area (Å²) in [6.45, 7) is 1.19. The molecule has 0 aromatic carbocycles. The predicted octanol–water partition coefficient (Wildman–Crippen LogP) is 2.56. The van der Waals surface area contributed by atoms with Gasteiger partial charge >= 0.3 is 12.0 Å². The number of carbonyl (C=O) groups is 2. The highest BCUT2D eigenvalue weighted by molar-refractivity contribution is 7.98. The largest absolute Gasteiger partial charge is 0.480 e. The lowest BCUT2D eigenvalue weighted by atomic mass is 10.0. The SMILES string of the molecule is CSCCCCCCNC(=O)N1CCCCC1C(=O)O. The van der Waals surface area contributed by atoms with Crippen LogP contribution in [0.1, 0.15) is 44.9 Å². The van der Waals surface area contributed by atoms with Gasteiger partial charge in [-0.1, -0.05) is 12.8 Å². The van der Waals surface area contributed by atoms with Crippen LogP contribution in [0.5, 0.6) is 0 Å². The maximum absolute atomic E-state index is 12.0. The number of piperidine rings is 1. The Morgan fingerprint density at radius 2 is 2.00 bits per heavy atom. The van der Waals surface area contributed by atoms with E-state index in [9.17, 15) is 9.59 Å². The molecule has 0 saturated carbocycles. The molecule has 116 valence electrons. The Hall–Kier alpha value is -0.910. The molecular formula is C14H26N2O3S. The van der Waals surface area contributed by atoms with E-state index in [0.717, 1.165) is 25.7 Å². The average molecular weight is 302 g/mol. The molecule has 1 unspecified atom stereocenters. The Morgan fingerprint density at radius 1 is 1.25 bits per heavy atom. The minimum atomic E-state index is -0.892. The van der Waals surface area contributed by atoms with Crippen molar-refractivity contribution in [3.63, 3.8) is 0 Å². The number of amides is 2. The number of likely N-dealkylation sites (tertiary alicyclic amines) is 1. The van der Waals surface area contributed by atoms with Crippen molar-refractivity contribution < 1.29 is 14.7 Å². The summed E-state index contributed by atoms with van der Waals surface area (Å²) in [4.78, 5) is 24.6. The van der Waals surface area contributed by atoms with Crippen LogP contribution in [0.2, 0.25) is 0 Å². The third-order valence-corrected chi connectivity index (χ3v) is 4.30. The highest BCUT2D eigenvalue weighted by atomic mass is 32.2. The molecule has 0 bridgehead atoms. The van der Waals surface area contributed by atoms with E-state index in [0.29, 0.717) is 19.5 Å². The summed E-state index contributed by atoms with van der Waals surface area (Å²) in [6, 6.07) is -0.869. The maximum atomic E-state index is 12.0. The molecule has 1 aliphatic heterocycles. The van der Waals surface area contributed by atoms with Crippen LogP contribution < -0.4 is 5.32 Å². The molecule has 0 aromatic rings. The van der Waals surface area contributed by atoms with Crippen LogP contribution in [0.3, 0.4) is 0 Å². The number of hydrogen-bond acceptors (Lipinski definition) is 3. The summed E-state index contributed by atoms with van der Waals surface area (Å²) in [5, 5.41) is 12.0. The maximum Gasteiger partial charge on any atom is 0.326 e. The van der Waals surface area contributed by atoms with Gasteiger partial charge in [0.2, 0.25) is 0 Å². The van der Waals surface area contributed by atoms with Crippen LogP contribution in [0.15, 0.2) is 0 Å². The summed E-state index contributed by atoms with van der Waals surface area (Å²) in [5.41, 5.74) is 0. The number of hydrogen-bond donors (Lipinski definition) is 2. The second-order valence-electron chi connectivity index (χ2n) is 5.18. The van der Waals surface area contributed by atoms with Gasteiger partial charge in [-0.3, -0.25) is 0 Å². The van der Waals surface area contributed by atoms with Crippen LogP contribution in [-0.2, 0) is 4.79 Å². The minimum Gasteiger partial charge on any atom is -0.480 e. The van der Waals surface area contributed by atoms with E-state index in [1.54, 1.807) is 0 Å². The van der Waals surface area contributed by atoms with Gasteiger partial charge in [0.1, 0.15) is 6.04 Å². The quantitative estimate of drug-likeness (QED) is 0.676. The number of carbonyl (C=O) groups excluding carboxylic acids is 1. The highest BCUT2D eigenvalue weighted by Crippen LogP contribution is 2.17. The fraction of sp³-hybridized carbons (Fsp3) is 0.857. The second kappa shape index (κ2) is 9.91. The van der Waals surface area contributed by atoms with Gasteiger partial charge in [0, 0.05) is 13.1 Å². The zero-order valence-corrected chi connectivity index (χ0v) is 13.1. The molecule has 1 fully saturated rings. The van der Waals surface area contributed by atoms with E-state index < -0.39 is 12.0 Å². The lowest BCUT2D eigenvalue weighted by Crippen LogP contribution is -2.52. The molecular weight excluding hydrogens is 276 g/mol. The third kappa shape index (κ3) is 6.03. The number of rotatable bonds is 8. The lowest BCUT2D eigenvalue weighted by Gasteiger charge is -2.32. The average Bonchev–Trinajstić information content (AvgIpc) is 2.46. The van der Waals surface area contributed by atoms with E-state index in [4.69, 9.17) is 5.11 Å². The van der Waals surface area contributed by atoms with Gasteiger partial charge in [-0.25, -0.2) is 9.59 Å². The number of thioether (sulfide) groups is 1. The number of nitrogens with zero attached hydrogens (tertiary/aromatic N) is 1. The van der Waals surface area contributed by atoms with Gasteiger partial charge in [-0.2, -0.15) is 11.8 Å². The molecule has 1 rings (SSSR count). The summed E-state index contributed by atoms with van der Waals surface area (Å²) >= 11 is 1.86. The standard InChI is InChI=1S/C14H26N2O3S/c1-20-11-7-3-2-5-9-15-14(19)16-10-6-4-8-12(16)13(17)18/h12H,2-11H2,1H3,(H,15,19)(H,17,18). The van der Waals surface area contributed by atoms with Crippen molar-refractivity contribution >= 4 is 23.8 Å². The van der Waals surface area contributed by atoms with E-state index in [2.05, 4.69) is 11.6 Å². The Balaban J connectivity index is 2.19. The second-order valence-corrected chi connectivity index (χ2v) is 6.17. The summed E-state index contributed by atoms with van der Waals surface area (Å²) in [5.74, 6) is 0.303. The molecule has 0 aliphatic carbocycles. The number of unbranched alkanes of at least 4 members (excludes halogenated alkanes) is 3. The van der Waals surface area contributed by atoms with E-state index in [-0.39, 0.29) is 6.03 Å². The van der Waals surface area contributed by atoms with E-state index >= 15 is 0 Å². The van der Waals surface area contributed by atoms with Crippen molar-refractivity contribution in [2.24, 2.45) is 0 Å². The normalized spacial score (nSPS) is 18.9. The molecule has 2 amide bonds. The first-order chi connectivity index (χ1) is 9.66. The first kappa shape index (κ1) is 17.1. The predicted molar refractivity (Wildman–Crippen MR) is 82.2 cm³/mol. The van der Waals surface area contributed by atoms with E-state index in [1.165, 1.54) is 23.5 Å². The van der Waals surface area contributed by atoms with E-state index in [1.807, 2.05) is 11.8 Å². The smallest absolute Gasteiger partial charge is 0.326 e. The van der Waals surface area contributed by atoms with Gasteiger partial charge in [0.15, 0.2) is 0 Å². The molecule has 0 radical (unpaired) electrons. The monoisotopic (exact) mass is 302 g/mol. The van der Waals surface area contributed by atoms with Crippen LogP contribution in [0.4, 0.5) is 4.79 Å². The van der Waals surface area contributed by atoms with Crippen LogP contribution in [0.25, 0.3) is 0 Å². The summed E-state index contributed by atoms with van der Waals surface area (Å²) < 4.78 is 0. The molecule has 20 heavy (non-hydrogen) atoms.